The third-order valence-electron chi connectivity index (χ3n) is 2.90. The van der Waals surface area contributed by atoms with Gasteiger partial charge in [-0.3, -0.25) is 0 Å². The van der Waals surface area contributed by atoms with Crippen LogP contribution in [-0.2, 0) is 0 Å². The maximum atomic E-state index is 5.85. The fourth-order valence-corrected chi connectivity index (χ4v) is 3.56. The molecule has 2 nitrogen and oxygen atoms in total. The van der Waals surface area contributed by atoms with Crippen LogP contribution >= 0.6 is 27.7 Å². The molecule has 1 aromatic carbocycles. The Hall–Kier alpha value is -0.350. The Balaban J connectivity index is 2.00. The molecule has 1 atom stereocenters. The first-order valence-corrected chi connectivity index (χ1v) is 7.42. The van der Waals surface area contributed by atoms with Crippen molar-refractivity contribution in [2.75, 3.05) is 23.3 Å². The van der Waals surface area contributed by atoms with Crippen molar-refractivity contribution >= 4 is 39.1 Å². The van der Waals surface area contributed by atoms with Gasteiger partial charge >= 0.3 is 0 Å². The smallest absolute Gasteiger partial charge is 0.0489 e. The van der Waals surface area contributed by atoms with Gasteiger partial charge in [0.2, 0.25) is 0 Å². The van der Waals surface area contributed by atoms with Gasteiger partial charge in [0.15, 0.2) is 0 Å². The summed E-state index contributed by atoms with van der Waals surface area (Å²) in [5.74, 6) is 1.31. The molecule has 0 saturated carbocycles. The summed E-state index contributed by atoms with van der Waals surface area (Å²) in [7, 11) is 0. The number of benzene rings is 1. The Morgan fingerprint density at radius 1 is 1.56 bits per heavy atom. The van der Waals surface area contributed by atoms with Crippen LogP contribution in [0.1, 0.15) is 18.4 Å². The number of anilines is 2. The van der Waals surface area contributed by atoms with Gasteiger partial charge in [-0.25, -0.2) is 0 Å². The van der Waals surface area contributed by atoms with Crippen LogP contribution in [0.4, 0.5) is 11.4 Å². The van der Waals surface area contributed by atoms with Crippen molar-refractivity contribution in [1.29, 1.82) is 0 Å². The number of hydrogen-bond acceptors (Lipinski definition) is 3. The third-order valence-corrected chi connectivity index (χ3v) is 4.95. The van der Waals surface area contributed by atoms with E-state index in [0.29, 0.717) is 0 Å². The Labute approximate surface area is 109 Å². The summed E-state index contributed by atoms with van der Waals surface area (Å²) in [5, 5.41) is 4.27. The monoisotopic (exact) mass is 300 g/mol. The van der Waals surface area contributed by atoms with Crippen molar-refractivity contribution < 1.29 is 0 Å². The minimum atomic E-state index is 0.768. The maximum Gasteiger partial charge on any atom is 0.0489 e. The van der Waals surface area contributed by atoms with Gasteiger partial charge in [0, 0.05) is 27.6 Å². The van der Waals surface area contributed by atoms with E-state index >= 15 is 0 Å². The molecule has 0 amide bonds. The largest absolute Gasteiger partial charge is 0.398 e. The average molecular weight is 301 g/mol. The van der Waals surface area contributed by atoms with Crippen LogP contribution in [0.2, 0.25) is 0 Å². The van der Waals surface area contributed by atoms with Gasteiger partial charge in [-0.15, -0.1) is 0 Å². The molecule has 1 aliphatic rings. The predicted molar refractivity (Wildman–Crippen MR) is 77.3 cm³/mol. The van der Waals surface area contributed by atoms with Crippen LogP contribution < -0.4 is 11.1 Å². The van der Waals surface area contributed by atoms with Crippen LogP contribution in [0, 0.1) is 6.92 Å². The number of halogens is 1. The van der Waals surface area contributed by atoms with Crippen LogP contribution in [0.25, 0.3) is 0 Å². The van der Waals surface area contributed by atoms with E-state index in [4.69, 9.17) is 5.73 Å². The maximum absolute atomic E-state index is 5.85. The molecule has 1 unspecified atom stereocenters. The fourth-order valence-electron chi connectivity index (χ4n) is 1.86. The molecule has 1 aliphatic heterocycles. The lowest BCUT2D eigenvalue weighted by molar-refractivity contribution is 0.805. The van der Waals surface area contributed by atoms with E-state index in [1.807, 2.05) is 13.0 Å². The Morgan fingerprint density at radius 2 is 2.38 bits per heavy atom. The lowest BCUT2D eigenvalue weighted by Crippen LogP contribution is -2.14. The summed E-state index contributed by atoms with van der Waals surface area (Å²) in [5.41, 5.74) is 8.97. The van der Waals surface area contributed by atoms with E-state index in [2.05, 4.69) is 39.1 Å². The molecule has 4 heteroatoms. The zero-order chi connectivity index (χ0) is 11.5. The van der Waals surface area contributed by atoms with Crippen molar-refractivity contribution in [2.24, 2.45) is 0 Å². The summed E-state index contributed by atoms with van der Waals surface area (Å²) < 4.78 is 1.05. The molecule has 1 aromatic rings. The van der Waals surface area contributed by atoms with Gasteiger partial charge < -0.3 is 11.1 Å². The zero-order valence-corrected chi connectivity index (χ0v) is 11.8. The van der Waals surface area contributed by atoms with Crippen LogP contribution in [0.3, 0.4) is 0 Å². The van der Waals surface area contributed by atoms with Crippen molar-refractivity contribution in [3.8, 4) is 0 Å². The average Bonchev–Trinajstić information content (AvgIpc) is 2.74. The number of thioether (sulfide) groups is 1. The highest BCUT2D eigenvalue weighted by molar-refractivity contribution is 9.10. The lowest BCUT2D eigenvalue weighted by atomic mass is 10.2. The van der Waals surface area contributed by atoms with E-state index in [1.54, 1.807) is 0 Å². The summed E-state index contributed by atoms with van der Waals surface area (Å²) in [6.07, 6.45) is 2.70. The third kappa shape index (κ3) is 2.86. The molecule has 0 aliphatic carbocycles. The summed E-state index contributed by atoms with van der Waals surface area (Å²) in [4.78, 5) is 0. The van der Waals surface area contributed by atoms with E-state index in [9.17, 15) is 0 Å². The highest BCUT2D eigenvalue weighted by Gasteiger charge is 2.15. The van der Waals surface area contributed by atoms with Crippen LogP contribution in [0.15, 0.2) is 16.6 Å². The highest BCUT2D eigenvalue weighted by atomic mass is 79.9. The molecule has 1 heterocycles. The Bertz CT molecular complexity index is 376. The zero-order valence-electron chi connectivity index (χ0n) is 9.42. The van der Waals surface area contributed by atoms with Crippen molar-refractivity contribution in [3.63, 3.8) is 0 Å². The van der Waals surface area contributed by atoms with Gasteiger partial charge in [-0.2, -0.15) is 11.8 Å². The quantitative estimate of drug-likeness (QED) is 0.837. The molecule has 0 aromatic heterocycles. The van der Waals surface area contributed by atoms with Gasteiger partial charge in [-0.05, 0) is 59.1 Å². The van der Waals surface area contributed by atoms with Crippen molar-refractivity contribution in [3.05, 3.63) is 22.2 Å². The number of aryl methyl sites for hydroxylation is 1. The summed E-state index contributed by atoms with van der Waals surface area (Å²) in [6.45, 7) is 3.09. The lowest BCUT2D eigenvalue weighted by Gasteiger charge is -2.14. The van der Waals surface area contributed by atoms with E-state index in [0.717, 1.165) is 33.2 Å². The van der Waals surface area contributed by atoms with E-state index in [-0.39, 0.29) is 0 Å². The Kier molecular flexibility index (Phi) is 4.03. The highest BCUT2D eigenvalue weighted by Crippen LogP contribution is 2.30. The SMILES string of the molecule is Cc1cc(NCC2CCCS2)c(Br)cc1N. The molecule has 2 rings (SSSR count). The molecule has 0 bridgehead atoms. The van der Waals surface area contributed by atoms with Crippen molar-refractivity contribution in [2.45, 2.75) is 25.0 Å². The topological polar surface area (TPSA) is 38.0 Å². The van der Waals surface area contributed by atoms with Gasteiger partial charge in [0.05, 0.1) is 0 Å². The minimum Gasteiger partial charge on any atom is -0.398 e. The fraction of sp³-hybridized carbons (Fsp3) is 0.500. The first kappa shape index (κ1) is 12.1. The number of nitrogens with one attached hydrogen (secondary N) is 1. The number of hydrogen-bond donors (Lipinski definition) is 2. The van der Waals surface area contributed by atoms with Crippen molar-refractivity contribution in [1.82, 2.24) is 0 Å². The minimum absolute atomic E-state index is 0.768. The molecule has 1 fully saturated rings. The van der Waals surface area contributed by atoms with Crippen LogP contribution in [-0.4, -0.2) is 17.5 Å². The molecular formula is C12H17BrN2S. The molecular weight excluding hydrogens is 284 g/mol. The second-order valence-electron chi connectivity index (χ2n) is 4.20. The molecule has 3 N–H and O–H groups in total. The Morgan fingerprint density at radius 3 is 3.06 bits per heavy atom. The summed E-state index contributed by atoms with van der Waals surface area (Å²) >= 11 is 5.61. The summed E-state index contributed by atoms with van der Waals surface area (Å²) in [6, 6.07) is 4.08. The van der Waals surface area contributed by atoms with E-state index in [1.165, 1.54) is 18.6 Å². The molecule has 1 saturated heterocycles. The molecule has 88 valence electrons. The van der Waals surface area contributed by atoms with E-state index < -0.39 is 0 Å². The second-order valence-corrected chi connectivity index (χ2v) is 6.47. The van der Waals surface area contributed by atoms with Crippen LogP contribution in [0.5, 0.6) is 0 Å². The number of nitrogen functional groups attached to an aromatic ring is 1. The number of rotatable bonds is 3. The normalized spacial score (nSPS) is 20.0. The second kappa shape index (κ2) is 5.32. The van der Waals surface area contributed by atoms with Gasteiger partial charge in [-0.1, -0.05) is 0 Å². The standard InChI is InChI=1S/C12H17BrN2S/c1-8-5-12(10(13)6-11(8)14)15-7-9-3-2-4-16-9/h5-6,9,15H,2-4,7,14H2,1H3. The van der Waals surface area contributed by atoms with Gasteiger partial charge in [0.25, 0.3) is 0 Å². The molecule has 0 spiro atoms. The first-order chi connectivity index (χ1) is 7.66. The molecule has 0 radical (unpaired) electrons. The molecule has 16 heavy (non-hydrogen) atoms. The predicted octanol–water partition coefficient (Wildman–Crippen LogP) is 3.65. The first-order valence-electron chi connectivity index (χ1n) is 5.58. The number of nitrogens with two attached hydrogens (primary N) is 1. The van der Waals surface area contributed by atoms with Gasteiger partial charge in [0.1, 0.15) is 0 Å².